The van der Waals surface area contributed by atoms with Gasteiger partial charge in [0, 0.05) is 18.7 Å². The number of carbonyl (C=O) groups excluding carboxylic acids is 2. The first-order valence-corrected chi connectivity index (χ1v) is 4.29. The van der Waals surface area contributed by atoms with E-state index < -0.39 is 0 Å². The maximum Gasteiger partial charge on any atom is 0.253 e. The van der Waals surface area contributed by atoms with Crippen LogP contribution in [0, 0.1) is 0 Å². The van der Waals surface area contributed by atoms with Crippen molar-refractivity contribution in [1.82, 2.24) is 4.90 Å². The molecule has 0 atom stereocenters. The maximum atomic E-state index is 10.8. The number of hydrogen-bond acceptors (Lipinski definition) is 2. The smallest absolute Gasteiger partial charge is 0.253 e. The van der Waals surface area contributed by atoms with E-state index in [0.29, 0.717) is 6.54 Å². The lowest BCUT2D eigenvalue weighted by Crippen LogP contribution is -2.30. The second-order valence-corrected chi connectivity index (χ2v) is 2.16. The quantitative estimate of drug-likeness (QED) is 0.585. The SMILES string of the molecule is CC.CCCN1C(=O)C=CC1=O. The number of carbonyl (C=O) groups is 2. The predicted molar refractivity (Wildman–Crippen MR) is 47.5 cm³/mol. The first kappa shape index (κ1) is 10.9. The summed E-state index contributed by atoms with van der Waals surface area (Å²) >= 11 is 0. The molecule has 0 saturated heterocycles. The zero-order chi connectivity index (χ0) is 9.56. The van der Waals surface area contributed by atoms with Crippen LogP contribution < -0.4 is 0 Å². The minimum absolute atomic E-state index is 0.188. The summed E-state index contributed by atoms with van der Waals surface area (Å²) in [6, 6.07) is 0. The van der Waals surface area contributed by atoms with Gasteiger partial charge in [-0.25, -0.2) is 0 Å². The molecule has 68 valence electrons. The van der Waals surface area contributed by atoms with Crippen molar-refractivity contribution in [3.8, 4) is 0 Å². The molecule has 1 aliphatic heterocycles. The fourth-order valence-corrected chi connectivity index (χ4v) is 0.875. The second-order valence-electron chi connectivity index (χ2n) is 2.16. The Morgan fingerprint density at radius 1 is 1.17 bits per heavy atom. The summed E-state index contributed by atoms with van der Waals surface area (Å²) in [5, 5.41) is 0. The van der Waals surface area contributed by atoms with Gasteiger partial charge in [-0.15, -0.1) is 0 Å². The molecular formula is C9H15NO2. The Kier molecular flexibility index (Phi) is 5.00. The Bertz CT molecular complexity index is 179. The molecule has 12 heavy (non-hydrogen) atoms. The van der Waals surface area contributed by atoms with Crippen molar-refractivity contribution in [1.29, 1.82) is 0 Å². The first-order chi connectivity index (χ1) is 5.75. The monoisotopic (exact) mass is 169 g/mol. The molecule has 3 nitrogen and oxygen atoms in total. The maximum absolute atomic E-state index is 10.8. The molecule has 1 aliphatic rings. The van der Waals surface area contributed by atoms with Gasteiger partial charge in [0.2, 0.25) is 0 Å². The first-order valence-electron chi connectivity index (χ1n) is 4.29. The van der Waals surface area contributed by atoms with Gasteiger partial charge in [-0.1, -0.05) is 20.8 Å². The highest BCUT2D eigenvalue weighted by Gasteiger charge is 2.21. The number of imide groups is 1. The van der Waals surface area contributed by atoms with Crippen LogP contribution in [0.3, 0.4) is 0 Å². The van der Waals surface area contributed by atoms with Gasteiger partial charge in [0.1, 0.15) is 0 Å². The highest BCUT2D eigenvalue weighted by Crippen LogP contribution is 2.02. The van der Waals surface area contributed by atoms with Crippen molar-refractivity contribution in [2.75, 3.05) is 6.54 Å². The third-order valence-electron chi connectivity index (χ3n) is 1.35. The Morgan fingerprint density at radius 2 is 1.58 bits per heavy atom. The average molecular weight is 169 g/mol. The molecule has 0 saturated carbocycles. The standard InChI is InChI=1S/C7H9NO2.C2H6/c1-2-5-8-6(9)3-4-7(8)10;1-2/h3-4H,2,5H2,1H3;1-2H3. The molecule has 0 aromatic carbocycles. The molecule has 0 fully saturated rings. The van der Waals surface area contributed by atoms with Crippen LogP contribution in [0.15, 0.2) is 12.2 Å². The van der Waals surface area contributed by atoms with Crippen LogP contribution in [0.5, 0.6) is 0 Å². The van der Waals surface area contributed by atoms with E-state index in [1.165, 1.54) is 17.1 Å². The molecule has 0 aromatic heterocycles. The van der Waals surface area contributed by atoms with Crippen molar-refractivity contribution >= 4 is 11.8 Å². The molecular weight excluding hydrogens is 154 g/mol. The lowest BCUT2D eigenvalue weighted by Gasteiger charge is -2.10. The van der Waals surface area contributed by atoms with Gasteiger partial charge in [-0.05, 0) is 6.42 Å². The Balaban J connectivity index is 0.000000561. The molecule has 0 spiro atoms. The van der Waals surface area contributed by atoms with Gasteiger partial charge < -0.3 is 0 Å². The van der Waals surface area contributed by atoms with E-state index in [9.17, 15) is 9.59 Å². The fraction of sp³-hybridized carbons (Fsp3) is 0.556. The van der Waals surface area contributed by atoms with Crippen LogP contribution in [0.4, 0.5) is 0 Å². The Hall–Kier alpha value is -1.12. The molecule has 1 heterocycles. The van der Waals surface area contributed by atoms with Crippen LogP contribution in [-0.4, -0.2) is 23.3 Å². The summed E-state index contributed by atoms with van der Waals surface area (Å²) in [5.74, 6) is -0.376. The van der Waals surface area contributed by atoms with Crippen molar-refractivity contribution in [3.63, 3.8) is 0 Å². The topological polar surface area (TPSA) is 37.4 Å². The largest absolute Gasteiger partial charge is 0.275 e. The van der Waals surface area contributed by atoms with E-state index in [0.717, 1.165) is 6.42 Å². The summed E-state index contributed by atoms with van der Waals surface area (Å²) in [5.41, 5.74) is 0. The van der Waals surface area contributed by atoms with E-state index in [1.54, 1.807) is 0 Å². The summed E-state index contributed by atoms with van der Waals surface area (Å²) in [7, 11) is 0. The molecule has 0 bridgehead atoms. The number of amides is 2. The number of rotatable bonds is 2. The van der Waals surface area contributed by atoms with E-state index >= 15 is 0 Å². The predicted octanol–water partition coefficient (Wildman–Crippen LogP) is 1.35. The fourth-order valence-electron chi connectivity index (χ4n) is 0.875. The van der Waals surface area contributed by atoms with Crippen LogP contribution in [0.2, 0.25) is 0 Å². The normalized spacial score (nSPS) is 14.8. The zero-order valence-electron chi connectivity index (χ0n) is 7.83. The van der Waals surface area contributed by atoms with E-state index in [1.807, 2.05) is 20.8 Å². The van der Waals surface area contributed by atoms with E-state index in [4.69, 9.17) is 0 Å². The van der Waals surface area contributed by atoms with Crippen molar-refractivity contribution in [2.45, 2.75) is 27.2 Å². The van der Waals surface area contributed by atoms with Crippen molar-refractivity contribution in [2.24, 2.45) is 0 Å². The zero-order valence-corrected chi connectivity index (χ0v) is 7.83. The van der Waals surface area contributed by atoms with Crippen LogP contribution in [0.1, 0.15) is 27.2 Å². The van der Waals surface area contributed by atoms with Gasteiger partial charge in [-0.3, -0.25) is 14.5 Å². The molecule has 1 rings (SSSR count). The second kappa shape index (κ2) is 5.52. The van der Waals surface area contributed by atoms with Gasteiger partial charge in [-0.2, -0.15) is 0 Å². The molecule has 0 N–H and O–H groups in total. The molecule has 0 aromatic rings. The summed E-state index contributed by atoms with van der Waals surface area (Å²) in [4.78, 5) is 22.8. The summed E-state index contributed by atoms with van der Waals surface area (Å²) in [6.07, 6.45) is 3.43. The number of nitrogens with zero attached hydrogens (tertiary/aromatic N) is 1. The average Bonchev–Trinajstić information content (AvgIpc) is 2.40. The van der Waals surface area contributed by atoms with Crippen LogP contribution in [-0.2, 0) is 9.59 Å². The van der Waals surface area contributed by atoms with Crippen molar-refractivity contribution in [3.05, 3.63) is 12.2 Å². The molecule has 3 heteroatoms. The highest BCUT2D eigenvalue weighted by atomic mass is 16.2. The summed E-state index contributed by atoms with van der Waals surface area (Å²) < 4.78 is 0. The van der Waals surface area contributed by atoms with Gasteiger partial charge >= 0.3 is 0 Å². The third-order valence-corrected chi connectivity index (χ3v) is 1.35. The van der Waals surface area contributed by atoms with Gasteiger partial charge in [0.05, 0.1) is 0 Å². The van der Waals surface area contributed by atoms with Gasteiger partial charge in [0.25, 0.3) is 11.8 Å². The minimum atomic E-state index is -0.188. The minimum Gasteiger partial charge on any atom is -0.275 e. The molecule has 0 radical (unpaired) electrons. The lowest BCUT2D eigenvalue weighted by molar-refractivity contribution is -0.136. The van der Waals surface area contributed by atoms with Gasteiger partial charge in [0.15, 0.2) is 0 Å². The van der Waals surface area contributed by atoms with Crippen LogP contribution in [0.25, 0.3) is 0 Å². The summed E-state index contributed by atoms with van der Waals surface area (Å²) in [6.45, 7) is 6.46. The number of hydrogen-bond donors (Lipinski definition) is 0. The van der Waals surface area contributed by atoms with Crippen molar-refractivity contribution < 1.29 is 9.59 Å². The lowest BCUT2D eigenvalue weighted by atomic mass is 10.4. The molecule has 0 aliphatic carbocycles. The van der Waals surface area contributed by atoms with E-state index in [-0.39, 0.29) is 11.8 Å². The Labute approximate surface area is 73.1 Å². The Morgan fingerprint density at radius 3 is 1.92 bits per heavy atom. The van der Waals surface area contributed by atoms with E-state index in [2.05, 4.69) is 0 Å². The molecule has 2 amide bonds. The third kappa shape index (κ3) is 2.49. The molecule has 0 unspecified atom stereocenters. The highest BCUT2D eigenvalue weighted by molar-refractivity contribution is 6.12. The van der Waals surface area contributed by atoms with Crippen LogP contribution >= 0.6 is 0 Å².